The van der Waals surface area contributed by atoms with Crippen LogP contribution in [0.2, 0.25) is 0 Å². The Hall–Kier alpha value is -1.42. The molecule has 1 atom stereocenters. The molecule has 1 rings (SSSR count). The summed E-state index contributed by atoms with van der Waals surface area (Å²) in [4.78, 5) is 18.4. The lowest BCUT2D eigenvalue weighted by Gasteiger charge is -2.27. The van der Waals surface area contributed by atoms with Gasteiger partial charge in [0.1, 0.15) is 0 Å². The zero-order chi connectivity index (χ0) is 14.3. The first-order chi connectivity index (χ1) is 9.04. The van der Waals surface area contributed by atoms with Gasteiger partial charge in [-0.25, -0.2) is 0 Å². The molecule has 0 saturated heterocycles. The maximum atomic E-state index is 12.2. The van der Waals surface area contributed by atoms with Crippen LogP contribution in [0.25, 0.3) is 0 Å². The Balaban J connectivity index is 2.59. The minimum Gasteiger partial charge on any atom is -0.333 e. The number of amides is 1. The number of hydrogen-bond donors (Lipinski definition) is 1. The summed E-state index contributed by atoms with van der Waals surface area (Å²) in [5, 5.41) is 3.24. The van der Waals surface area contributed by atoms with Crippen LogP contribution in [-0.2, 0) is 11.3 Å². The van der Waals surface area contributed by atoms with Crippen molar-refractivity contribution in [3.05, 3.63) is 30.1 Å². The van der Waals surface area contributed by atoms with Crippen molar-refractivity contribution < 1.29 is 4.79 Å². The Bertz CT molecular complexity index is 378. The van der Waals surface area contributed by atoms with E-state index < -0.39 is 0 Å². The molecule has 0 saturated carbocycles. The SMILES string of the molecule is CCC(C)NCC(=O)N(Cc1ccccn1)C(C)C. The second kappa shape index (κ2) is 7.89. The predicted molar refractivity (Wildman–Crippen MR) is 77.7 cm³/mol. The molecule has 106 valence electrons. The third-order valence-corrected chi connectivity index (χ3v) is 3.22. The zero-order valence-electron chi connectivity index (χ0n) is 12.4. The van der Waals surface area contributed by atoms with Crippen molar-refractivity contribution in [1.29, 1.82) is 0 Å². The van der Waals surface area contributed by atoms with Gasteiger partial charge in [0.2, 0.25) is 5.91 Å². The second-order valence-electron chi connectivity index (χ2n) is 5.13. The van der Waals surface area contributed by atoms with Crippen molar-refractivity contribution in [3.63, 3.8) is 0 Å². The molecule has 0 aromatic carbocycles. The first kappa shape index (κ1) is 15.6. The summed E-state index contributed by atoms with van der Waals surface area (Å²) in [6.07, 6.45) is 2.78. The molecule has 0 aliphatic carbocycles. The Morgan fingerprint density at radius 2 is 2.11 bits per heavy atom. The molecule has 1 N–H and O–H groups in total. The lowest BCUT2D eigenvalue weighted by molar-refractivity contribution is -0.132. The fourth-order valence-electron chi connectivity index (χ4n) is 1.73. The van der Waals surface area contributed by atoms with Crippen molar-refractivity contribution in [2.75, 3.05) is 6.54 Å². The van der Waals surface area contributed by atoms with Gasteiger partial charge in [-0.3, -0.25) is 9.78 Å². The van der Waals surface area contributed by atoms with Crippen molar-refractivity contribution in [1.82, 2.24) is 15.2 Å². The zero-order valence-corrected chi connectivity index (χ0v) is 12.4. The number of carbonyl (C=O) groups excluding carboxylic acids is 1. The Kier molecular flexibility index (Phi) is 6.50. The fourth-order valence-corrected chi connectivity index (χ4v) is 1.73. The summed E-state index contributed by atoms with van der Waals surface area (Å²) in [5.41, 5.74) is 0.924. The summed E-state index contributed by atoms with van der Waals surface area (Å²) in [6.45, 7) is 9.22. The Morgan fingerprint density at radius 1 is 1.37 bits per heavy atom. The fraction of sp³-hybridized carbons (Fsp3) is 0.600. The van der Waals surface area contributed by atoms with Crippen LogP contribution in [0.15, 0.2) is 24.4 Å². The minimum absolute atomic E-state index is 0.126. The first-order valence-corrected chi connectivity index (χ1v) is 6.97. The highest BCUT2D eigenvalue weighted by molar-refractivity contribution is 5.78. The molecule has 0 fully saturated rings. The average Bonchev–Trinajstić information content (AvgIpc) is 2.42. The first-order valence-electron chi connectivity index (χ1n) is 6.97. The molecule has 0 aliphatic rings. The predicted octanol–water partition coefficient (Wildman–Crippen LogP) is 2.21. The molecule has 4 nitrogen and oxygen atoms in total. The molecule has 0 spiro atoms. The van der Waals surface area contributed by atoms with Crippen LogP contribution in [0.4, 0.5) is 0 Å². The monoisotopic (exact) mass is 263 g/mol. The third-order valence-electron chi connectivity index (χ3n) is 3.22. The van der Waals surface area contributed by atoms with Gasteiger partial charge >= 0.3 is 0 Å². The molecule has 19 heavy (non-hydrogen) atoms. The van der Waals surface area contributed by atoms with Gasteiger partial charge in [0.25, 0.3) is 0 Å². The number of carbonyl (C=O) groups is 1. The molecule has 1 aromatic heterocycles. The van der Waals surface area contributed by atoms with Gasteiger partial charge in [-0.15, -0.1) is 0 Å². The van der Waals surface area contributed by atoms with Crippen molar-refractivity contribution in [3.8, 4) is 0 Å². The summed E-state index contributed by atoms with van der Waals surface area (Å²) in [5.74, 6) is 0.126. The largest absolute Gasteiger partial charge is 0.333 e. The summed E-state index contributed by atoms with van der Waals surface area (Å²) in [6, 6.07) is 6.32. The molecule has 0 radical (unpaired) electrons. The van der Waals surface area contributed by atoms with Crippen LogP contribution in [0.1, 0.15) is 39.8 Å². The molecule has 1 heterocycles. The van der Waals surface area contributed by atoms with E-state index in [2.05, 4.69) is 24.1 Å². The van der Waals surface area contributed by atoms with Gasteiger partial charge in [0.05, 0.1) is 18.8 Å². The lowest BCUT2D eigenvalue weighted by Crippen LogP contribution is -2.43. The third kappa shape index (κ3) is 5.39. The van der Waals surface area contributed by atoms with Gasteiger partial charge in [-0.05, 0) is 39.3 Å². The molecular formula is C15H25N3O. The molecule has 1 aromatic rings. The summed E-state index contributed by atoms with van der Waals surface area (Å²) < 4.78 is 0. The van der Waals surface area contributed by atoms with Crippen LogP contribution in [0.5, 0.6) is 0 Å². The highest BCUT2D eigenvalue weighted by Gasteiger charge is 2.17. The maximum Gasteiger partial charge on any atom is 0.237 e. The van der Waals surface area contributed by atoms with E-state index in [1.165, 1.54) is 0 Å². The number of nitrogens with one attached hydrogen (secondary N) is 1. The van der Waals surface area contributed by atoms with Gasteiger partial charge in [-0.2, -0.15) is 0 Å². The average molecular weight is 263 g/mol. The smallest absolute Gasteiger partial charge is 0.237 e. The quantitative estimate of drug-likeness (QED) is 0.820. The van der Waals surface area contributed by atoms with E-state index in [1.54, 1.807) is 6.20 Å². The molecule has 1 unspecified atom stereocenters. The van der Waals surface area contributed by atoms with E-state index in [1.807, 2.05) is 36.9 Å². The van der Waals surface area contributed by atoms with E-state index in [4.69, 9.17) is 0 Å². The number of rotatable bonds is 7. The summed E-state index contributed by atoms with van der Waals surface area (Å²) in [7, 11) is 0. The number of pyridine rings is 1. The molecule has 0 aliphatic heterocycles. The number of aromatic nitrogens is 1. The van der Waals surface area contributed by atoms with E-state index in [0.29, 0.717) is 19.1 Å². The lowest BCUT2D eigenvalue weighted by atomic mass is 10.2. The van der Waals surface area contributed by atoms with E-state index in [9.17, 15) is 4.79 Å². The molecular weight excluding hydrogens is 238 g/mol. The van der Waals surface area contributed by atoms with Crippen LogP contribution in [0, 0.1) is 0 Å². The van der Waals surface area contributed by atoms with E-state index in [0.717, 1.165) is 12.1 Å². The van der Waals surface area contributed by atoms with Gasteiger partial charge in [-0.1, -0.05) is 13.0 Å². The second-order valence-corrected chi connectivity index (χ2v) is 5.13. The van der Waals surface area contributed by atoms with Crippen molar-refractivity contribution in [2.45, 2.75) is 52.7 Å². The number of hydrogen-bond acceptors (Lipinski definition) is 3. The minimum atomic E-state index is 0.126. The topological polar surface area (TPSA) is 45.2 Å². The van der Waals surface area contributed by atoms with Gasteiger partial charge in [0.15, 0.2) is 0 Å². The van der Waals surface area contributed by atoms with Crippen LogP contribution in [-0.4, -0.2) is 34.4 Å². The molecule has 4 heteroatoms. The number of nitrogens with zero attached hydrogens (tertiary/aromatic N) is 2. The molecule has 1 amide bonds. The van der Waals surface area contributed by atoms with Crippen LogP contribution < -0.4 is 5.32 Å². The Morgan fingerprint density at radius 3 is 2.63 bits per heavy atom. The van der Waals surface area contributed by atoms with Crippen LogP contribution in [0.3, 0.4) is 0 Å². The van der Waals surface area contributed by atoms with Crippen LogP contribution >= 0.6 is 0 Å². The van der Waals surface area contributed by atoms with Crippen molar-refractivity contribution >= 4 is 5.91 Å². The van der Waals surface area contributed by atoms with E-state index >= 15 is 0 Å². The summed E-state index contributed by atoms with van der Waals surface area (Å²) >= 11 is 0. The van der Waals surface area contributed by atoms with E-state index in [-0.39, 0.29) is 11.9 Å². The standard InChI is InChI=1S/C15H25N3O/c1-5-13(4)17-10-15(19)18(12(2)3)11-14-8-6-7-9-16-14/h6-9,12-13,17H,5,10-11H2,1-4H3. The van der Waals surface area contributed by atoms with Gasteiger partial charge in [0, 0.05) is 18.3 Å². The Labute approximate surface area is 116 Å². The van der Waals surface area contributed by atoms with Crippen molar-refractivity contribution in [2.24, 2.45) is 0 Å². The molecule has 0 bridgehead atoms. The highest BCUT2D eigenvalue weighted by atomic mass is 16.2. The normalized spacial score (nSPS) is 12.5. The van der Waals surface area contributed by atoms with Gasteiger partial charge < -0.3 is 10.2 Å². The maximum absolute atomic E-state index is 12.2. The highest BCUT2D eigenvalue weighted by Crippen LogP contribution is 2.06.